The second-order valence-corrected chi connectivity index (χ2v) is 7.62. The molecule has 0 saturated carbocycles. The van der Waals surface area contributed by atoms with Gasteiger partial charge in [0.2, 0.25) is 10.0 Å². The zero-order valence-electron chi connectivity index (χ0n) is 12.4. The first-order valence-corrected chi connectivity index (χ1v) is 8.42. The highest BCUT2D eigenvalue weighted by Gasteiger charge is 2.39. The highest BCUT2D eigenvalue weighted by atomic mass is 32.2. The Morgan fingerprint density at radius 3 is 2.76 bits per heavy atom. The van der Waals surface area contributed by atoms with Crippen molar-refractivity contribution in [3.05, 3.63) is 29.8 Å². The van der Waals surface area contributed by atoms with Gasteiger partial charge in [-0.3, -0.25) is 0 Å². The van der Waals surface area contributed by atoms with Crippen LogP contribution in [0.1, 0.15) is 12.0 Å². The van der Waals surface area contributed by atoms with Gasteiger partial charge in [-0.25, -0.2) is 8.42 Å². The summed E-state index contributed by atoms with van der Waals surface area (Å²) in [6.07, 6.45) is -0.143. The SMILES string of the molecule is CN(C)CC1CC(O)CN1S(=O)(=O)c1cccc(CN)c1. The second kappa shape index (κ2) is 6.41. The lowest BCUT2D eigenvalue weighted by molar-refractivity contribution is 0.188. The maximum absolute atomic E-state index is 12.8. The quantitative estimate of drug-likeness (QED) is 0.788. The molecule has 0 aromatic heterocycles. The first-order chi connectivity index (χ1) is 9.84. The van der Waals surface area contributed by atoms with Crippen molar-refractivity contribution >= 4 is 10.0 Å². The third kappa shape index (κ3) is 3.61. The lowest BCUT2D eigenvalue weighted by atomic mass is 10.2. The number of likely N-dealkylation sites (N-methyl/N-ethyl adjacent to an activating group) is 1. The summed E-state index contributed by atoms with van der Waals surface area (Å²) < 4.78 is 27.0. The molecule has 1 saturated heterocycles. The standard InChI is InChI=1S/C14H23N3O3S/c1-16(2)9-12-7-13(18)10-17(12)21(19,20)14-5-3-4-11(6-14)8-15/h3-6,12-13,18H,7-10,15H2,1-2H3. The Labute approximate surface area is 126 Å². The summed E-state index contributed by atoms with van der Waals surface area (Å²) in [7, 11) is 0.179. The van der Waals surface area contributed by atoms with Gasteiger partial charge in [-0.05, 0) is 38.2 Å². The summed E-state index contributed by atoms with van der Waals surface area (Å²) in [5.74, 6) is 0. The Morgan fingerprint density at radius 1 is 1.43 bits per heavy atom. The Balaban J connectivity index is 2.32. The van der Waals surface area contributed by atoms with Crippen LogP contribution in [-0.2, 0) is 16.6 Å². The summed E-state index contributed by atoms with van der Waals surface area (Å²) in [6, 6.07) is 6.47. The van der Waals surface area contributed by atoms with Crippen LogP contribution in [0.5, 0.6) is 0 Å². The average molecular weight is 313 g/mol. The molecule has 1 aliphatic rings. The van der Waals surface area contributed by atoms with Crippen LogP contribution in [0.4, 0.5) is 0 Å². The van der Waals surface area contributed by atoms with Gasteiger partial charge in [-0.15, -0.1) is 0 Å². The topological polar surface area (TPSA) is 86.9 Å². The van der Waals surface area contributed by atoms with Gasteiger partial charge < -0.3 is 15.7 Å². The van der Waals surface area contributed by atoms with E-state index in [9.17, 15) is 13.5 Å². The minimum atomic E-state index is -3.61. The Kier molecular flexibility index (Phi) is 5.00. The second-order valence-electron chi connectivity index (χ2n) is 5.73. The minimum absolute atomic E-state index is 0.147. The summed E-state index contributed by atoms with van der Waals surface area (Å²) >= 11 is 0. The van der Waals surface area contributed by atoms with Crippen molar-refractivity contribution in [2.75, 3.05) is 27.2 Å². The number of β-amino-alcohol motifs (C(OH)–C–C–N with tert-alkyl or cyclic N) is 1. The highest BCUT2D eigenvalue weighted by molar-refractivity contribution is 7.89. The van der Waals surface area contributed by atoms with Gasteiger partial charge in [0.1, 0.15) is 0 Å². The smallest absolute Gasteiger partial charge is 0.243 e. The molecule has 1 aromatic rings. The molecule has 2 unspecified atom stereocenters. The fourth-order valence-electron chi connectivity index (χ4n) is 2.71. The molecule has 3 N–H and O–H groups in total. The predicted molar refractivity (Wildman–Crippen MR) is 81.2 cm³/mol. The van der Waals surface area contributed by atoms with Crippen LogP contribution in [-0.4, -0.2) is 62.1 Å². The maximum Gasteiger partial charge on any atom is 0.243 e. The van der Waals surface area contributed by atoms with Crippen molar-refractivity contribution in [3.63, 3.8) is 0 Å². The van der Waals surface area contributed by atoms with E-state index < -0.39 is 16.1 Å². The lowest BCUT2D eigenvalue weighted by Gasteiger charge is -2.26. The van der Waals surface area contributed by atoms with Crippen molar-refractivity contribution in [2.24, 2.45) is 5.73 Å². The molecular formula is C14H23N3O3S. The summed E-state index contributed by atoms with van der Waals surface area (Å²) in [6.45, 7) is 1.04. The third-order valence-corrected chi connectivity index (χ3v) is 5.57. The number of sulfonamides is 1. The molecule has 2 atom stereocenters. The first kappa shape index (κ1) is 16.4. The molecule has 7 heteroatoms. The number of benzene rings is 1. The molecule has 0 amide bonds. The van der Waals surface area contributed by atoms with E-state index in [1.165, 1.54) is 4.31 Å². The van der Waals surface area contributed by atoms with Gasteiger partial charge in [0.05, 0.1) is 11.0 Å². The average Bonchev–Trinajstić information content (AvgIpc) is 2.79. The van der Waals surface area contributed by atoms with Gasteiger partial charge in [-0.1, -0.05) is 12.1 Å². The number of rotatable bonds is 5. The van der Waals surface area contributed by atoms with E-state index in [1.807, 2.05) is 19.0 Å². The molecule has 1 heterocycles. The van der Waals surface area contributed by atoms with Crippen LogP contribution in [0.15, 0.2) is 29.2 Å². The lowest BCUT2D eigenvalue weighted by Crippen LogP contribution is -2.41. The number of nitrogens with two attached hydrogens (primary N) is 1. The molecule has 1 aromatic carbocycles. The largest absolute Gasteiger partial charge is 0.392 e. The minimum Gasteiger partial charge on any atom is -0.392 e. The fourth-order valence-corrected chi connectivity index (χ4v) is 4.45. The van der Waals surface area contributed by atoms with Gasteiger partial charge in [0, 0.05) is 25.7 Å². The molecule has 0 radical (unpaired) electrons. The highest BCUT2D eigenvalue weighted by Crippen LogP contribution is 2.27. The van der Waals surface area contributed by atoms with Crippen LogP contribution >= 0.6 is 0 Å². The Morgan fingerprint density at radius 2 is 2.14 bits per heavy atom. The molecule has 2 rings (SSSR count). The molecule has 118 valence electrons. The first-order valence-electron chi connectivity index (χ1n) is 6.98. The van der Waals surface area contributed by atoms with Crippen LogP contribution in [0.2, 0.25) is 0 Å². The van der Waals surface area contributed by atoms with Crippen LogP contribution < -0.4 is 5.73 Å². The normalized spacial score (nSPS) is 23.9. The van der Waals surface area contributed by atoms with Gasteiger partial charge in [-0.2, -0.15) is 4.31 Å². The van der Waals surface area contributed by atoms with E-state index in [0.29, 0.717) is 19.5 Å². The van der Waals surface area contributed by atoms with Gasteiger partial charge >= 0.3 is 0 Å². The van der Waals surface area contributed by atoms with E-state index in [1.54, 1.807) is 24.3 Å². The molecule has 21 heavy (non-hydrogen) atoms. The van der Waals surface area contributed by atoms with Crippen LogP contribution in [0.3, 0.4) is 0 Å². The van der Waals surface area contributed by atoms with E-state index in [0.717, 1.165) is 5.56 Å². The molecule has 0 bridgehead atoms. The number of hydrogen-bond acceptors (Lipinski definition) is 5. The molecule has 0 aliphatic carbocycles. The monoisotopic (exact) mass is 313 g/mol. The summed E-state index contributed by atoms with van der Waals surface area (Å²) in [5, 5.41) is 9.85. The zero-order chi connectivity index (χ0) is 15.6. The van der Waals surface area contributed by atoms with Crippen LogP contribution in [0, 0.1) is 0 Å². The van der Waals surface area contributed by atoms with Gasteiger partial charge in [0.25, 0.3) is 0 Å². The summed E-state index contributed by atoms with van der Waals surface area (Å²) in [5.41, 5.74) is 6.35. The molecule has 1 aliphatic heterocycles. The van der Waals surface area contributed by atoms with Crippen molar-refractivity contribution in [2.45, 2.75) is 30.0 Å². The van der Waals surface area contributed by atoms with Crippen LogP contribution in [0.25, 0.3) is 0 Å². The number of aliphatic hydroxyl groups is 1. The summed E-state index contributed by atoms with van der Waals surface area (Å²) in [4.78, 5) is 2.17. The van der Waals surface area contributed by atoms with E-state index >= 15 is 0 Å². The molecule has 0 spiro atoms. The van der Waals surface area contributed by atoms with Crippen molar-refractivity contribution in [1.29, 1.82) is 0 Å². The Bertz CT molecular complexity index is 589. The molecule has 6 nitrogen and oxygen atoms in total. The Hall–Kier alpha value is -0.990. The zero-order valence-corrected chi connectivity index (χ0v) is 13.3. The number of nitrogens with zero attached hydrogens (tertiary/aromatic N) is 2. The van der Waals surface area contributed by atoms with Crippen molar-refractivity contribution < 1.29 is 13.5 Å². The predicted octanol–water partition coefficient (Wildman–Crippen LogP) is -0.169. The molecular weight excluding hydrogens is 290 g/mol. The molecule has 1 fully saturated rings. The maximum atomic E-state index is 12.8. The van der Waals surface area contributed by atoms with Gasteiger partial charge in [0.15, 0.2) is 0 Å². The van der Waals surface area contributed by atoms with Crippen molar-refractivity contribution in [3.8, 4) is 0 Å². The van der Waals surface area contributed by atoms with E-state index in [4.69, 9.17) is 5.73 Å². The van der Waals surface area contributed by atoms with E-state index in [2.05, 4.69) is 0 Å². The number of aliphatic hydroxyl groups excluding tert-OH is 1. The van der Waals surface area contributed by atoms with E-state index in [-0.39, 0.29) is 17.5 Å². The van der Waals surface area contributed by atoms with Crippen molar-refractivity contribution in [1.82, 2.24) is 9.21 Å². The fraction of sp³-hybridized carbons (Fsp3) is 0.571. The number of hydrogen-bond donors (Lipinski definition) is 2. The third-order valence-electron chi connectivity index (χ3n) is 3.66.